The van der Waals surface area contributed by atoms with E-state index in [-0.39, 0.29) is 17.2 Å². The largest absolute Gasteiger partial charge is 0.282 e. The van der Waals surface area contributed by atoms with Crippen LogP contribution in [0.15, 0.2) is 24.3 Å². The van der Waals surface area contributed by atoms with Gasteiger partial charge in [0.15, 0.2) is 0 Å². The Morgan fingerprint density at radius 3 is 2.84 bits per heavy atom. The van der Waals surface area contributed by atoms with Gasteiger partial charge in [-0.25, -0.2) is 0 Å². The standard InChI is InChI=1S/C15H24ClNOS/c1-6-7-17(19-5)14(18)13(16)12-8-11(2)9-15(3,4)10-12/h6,8,12-13H,1,7,9-10H2,2-5H3. The highest BCUT2D eigenvalue weighted by Gasteiger charge is 2.35. The summed E-state index contributed by atoms with van der Waals surface area (Å²) in [5.41, 5.74) is 1.55. The fourth-order valence-electron chi connectivity index (χ4n) is 2.83. The van der Waals surface area contributed by atoms with Crippen molar-refractivity contribution in [2.75, 3.05) is 12.8 Å². The Hall–Kier alpha value is -0.410. The molecule has 1 aliphatic rings. The van der Waals surface area contributed by atoms with Crippen LogP contribution in [0.2, 0.25) is 0 Å². The first-order chi connectivity index (χ1) is 8.80. The van der Waals surface area contributed by atoms with Crippen LogP contribution in [-0.4, -0.2) is 28.4 Å². The van der Waals surface area contributed by atoms with Crippen LogP contribution in [-0.2, 0) is 4.79 Å². The van der Waals surface area contributed by atoms with E-state index in [0.29, 0.717) is 6.54 Å². The van der Waals surface area contributed by atoms with Gasteiger partial charge < -0.3 is 0 Å². The Morgan fingerprint density at radius 1 is 1.74 bits per heavy atom. The van der Waals surface area contributed by atoms with Gasteiger partial charge in [-0.3, -0.25) is 9.10 Å². The third kappa shape index (κ3) is 4.57. The minimum Gasteiger partial charge on any atom is -0.282 e. The van der Waals surface area contributed by atoms with Gasteiger partial charge in [-0.05, 0) is 25.2 Å². The monoisotopic (exact) mass is 301 g/mol. The molecule has 2 unspecified atom stereocenters. The molecule has 4 heteroatoms. The highest BCUT2D eigenvalue weighted by molar-refractivity contribution is 7.96. The minimum absolute atomic E-state index is 0.0131. The average Bonchev–Trinajstić information content (AvgIpc) is 2.31. The van der Waals surface area contributed by atoms with Crippen molar-refractivity contribution in [1.29, 1.82) is 0 Å². The molecule has 0 aromatic heterocycles. The molecule has 0 radical (unpaired) electrons. The summed E-state index contributed by atoms with van der Waals surface area (Å²) in [7, 11) is 0. The maximum atomic E-state index is 12.4. The predicted molar refractivity (Wildman–Crippen MR) is 85.3 cm³/mol. The highest BCUT2D eigenvalue weighted by Crippen LogP contribution is 2.40. The van der Waals surface area contributed by atoms with Gasteiger partial charge >= 0.3 is 0 Å². The van der Waals surface area contributed by atoms with Crippen molar-refractivity contribution < 1.29 is 4.79 Å². The topological polar surface area (TPSA) is 20.3 Å². The number of hydrogen-bond acceptors (Lipinski definition) is 2. The molecular weight excluding hydrogens is 278 g/mol. The van der Waals surface area contributed by atoms with E-state index >= 15 is 0 Å². The van der Waals surface area contributed by atoms with E-state index < -0.39 is 5.38 Å². The molecule has 0 saturated carbocycles. The number of alkyl halides is 1. The maximum absolute atomic E-state index is 12.4. The molecule has 0 fully saturated rings. The molecule has 1 aliphatic carbocycles. The number of carbonyl (C=O) groups excluding carboxylic acids is 1. The van der Waals surface area contributed by atoms with Crippen LogP contribution in [0.1, 0.15) is 33.6 Å². The van der Waals surface area contributed by atoms with Crippen LogP contribution in [0.25, 0.3) is 0 Å². The lowest BCUT2D eigenvalue weighted by atomic mass is 9.72. The number of allylic oxidation sites excluding steroid dienone is 2. The van der Waals surface area contributed by atoms with Crippen LogP contribution in [0.4, 0.5) is 0 Å². The first-order valence-electron chi connectivity index (χ1n) is 6.58. The number of amides is 1. The highest BCUT2D eigenvalue weighted by atomic mass is 35.5. The Bertz CT molecular complexity index is 378. The van der Waals surface area contributed by atoms with Crippen LogP contribution in [0.5, 0.6) is 0 Å². The smallest absolute Gasteiger partial charge is 0.251 e. The molecular formula is C15H24ClNOS. The van der Waals surface area contributed by atoms with Gasteiger partial charge in [0.05, 0.1) is 6.54 Å². The predicted octanol–water partition coefficient (Wildman–Crippen LogP) is 4.27. The van der Waals surface area contributed by atoms with Gasteiger partial charge in [-0.1, -0.05) is 43.5 Å². The summed E-state index contributed by atoms with van der Waals surface area (Å²) in [5.74, 6) is 0.109. The Balaban J connectivity index is 2.81. The van der Waals surface area contributed by atoms with E-state index in [1.807, 2.05) is 6.26 Å². The second kappa shape index (κ2) is 6.85. The van der Waals surface area contributed by atoms with Crippen molar-refractivity contribution in [3.8, 4) is 0 Å². The lowest BCUT2D eigenvalue weighted by Crippen LogP contribution is -2.38. The van der Waals surface area contributed by atoms with Gasteiger partial charge in [0.1, 0.15) is 5.38 Å². The molecule has 0 bridgehead atoms. The Labute approximate surface area is 126 Å². The van der Waals surface area contributed by atoms with Crippen molar-refractivity contribution in [3.63, 3.8) is 0 Å². The molecule has 19 heavy (non-hydrogen) atoms. The molecule has 2 nitrogen and oxygen atoms in total. The molecule has 0 aromatic carbocycles. The summed E-state index contributed by atoms with van der Waals surface area (Å²) in [5, 5.41) is -0.484. The second-order valence-corrected chi connectivity index (χ2v) is 7.27. The third-order valence-electron chi connectivity index (χ3n) is 3.42. The summed E-state index contributed by atoms with van der Waals surface area (Å²) in [6.07, 6.45) is 7.83. The van der Waals surface area contributed by atoms with E-state index in [9.17, 15) is 4.79 Å². The molecule has 1 amide bonds. The van der Waals surface area contributed by atoms with Crippen molar-refractivity contribution >= 4 is 29.5 Å². The van der Waals surface area contributed by atoms with Crippen LogP contribution < -0.4 is 0 Å². The molecule has 0 saturated heterocycles. The van der Waals surface area contributed by atoms with Crippen LogP contribution in [0.3, 0.4) is 0 Å². The third-order valence-corrected chi connectivity index (χ3v) is 4.70. The molecule has 0 spiro atoms. The second-order valence-electron chi connectivity index (χ2n) is 5.99. The number of halogens is 1. The SMILES string of the molecule is C=CCN(SC)C(=O)C(Cl)C1C=C(C)CC(C)(C)C1. The summed E-state index contributed by atoms with van der Waals surface area (Å²) in [6.45, 7) is 10.8. The summed E-state index contributed by atoms with van der Waals surface area (Å²) >= 11 is 7.83. The van der Waals surface area contributed by atoms with Crippen LogP contribution in [0, 0.1) is 11.3 Å². The Kier molecular flexibility index (Phi) is 6.00. The van der Waals surface area contributed by atoms with Crippen molar-refractivity contribution in [2.45, 2.75) is 39.0 Å². The molecule has 1 rings (SSSR count). The number of rotatable bonds is 5. The van der Waals surface area contributed by atoms with Gasteiger partial charge in [0.25, 0.3) is 5.91 Å². The molecule has 0 heterocycles. The first kappa shape index (κ1) is 16.6. The van der Waals surface area contributed by atoms with Crippen molar-refractivity contribution in [3.05, 3.63) is 24.3 Å². The average molecular weight is 302 g/mol. The molecule has 2 atom stereocenters. The van der Waals surface area contributed by atoms with E-state index in [0.717, 1.165) is 12.8 Å². The van der Waals surface area contributed by atoms with Gasteiger partial charge in [-0.15, -0.1) is 18.2 Å². The summed E-state index contributed by atoms with van der Waals surface area (Å²) < 4.78 is 1.68. The molecule has 0 aromatic rings. The van der Waals surface area contributed by atoms with E-state index in [1.54, 1.807) is 10.4 Å². The maximum Gasteiger partial charge on any atom is 0.251 e. The fourth-order valence-corrected chi connectivity index (χ4v) is 3.71. The minimum atomic E-state index is -0.484. The zero-order valence-corrected chi connectivity index (χ0v) is 13.9. The normalized spacial score (nSPS) is 23.4. The van der Waals surface area contributed by atoms with Crippen LogP contribution >= 0.6 is 23.5 Å². The summed E-state index contributed by atoms with van der Waals surface area (Å²) in [6, 6.07) is 0. The molecule has 0 N–H and O–H groups in total. The quantitative estimate of drug-likeness (QED) is 0.429. The number of nitrogens with zero attached hydrogens (tertiary/aromatic N) is 1. The zero-order chi connectivity index (χ0) is 14.6. The van der Waals surface area contributed by atoms with E-state index in [2.05, 4.69) is 33.4 Å². The zero-order valence-electron chi connectivity index (χ0n) is 12.3. The number of carbonyl (C=O) groups is 1. The lowest BCUT2D eigenvalue weighted by molar-refractivity contribution is -0.126. The van der Waals surface area contributed by atoms with E-state index in [1.165, 1.54) is 17.5 Å². The van der Waals surface area contributed by atoms with Gasteiger partial charge in [-0.2, -0.15) is 0 Å². The molecule has 108 valence electrons. The van der Waals surface area contributed by atoms with Gasteiger partial charge in [0.2, 0.25) is 0 Å². The van der Waals surface area contributed by atoms with Crippen molar-refractivity contribution in [2.24, 2.45) is 11.3 Å². The first-order valence-corrected chi connectivity index (χ1v) is 8.20. The lowest BCUT2D eigenvalue weighted by Gasteiger charge is -2.36. The van der Waals surface area contributed by atoms with Crippen molar-refractivity contribution in [1.82, 2.24) is 4.31 Å². The summed E-state index contributed by atoms with van der Waals surface area (Å²) in [4.78, 5) is 12.4. The molecule has 0 aliphatic heterocycles. The number of hydrogen-bond donors (Lipinski definition) is 0. The van der Waals surface area contributed by atoms with Gasteiger partial charge in [0, 0.05) is 12.2 Å². The van der Waals surface area contributed by atoms with E-state index in [4.69, 9.17) is 11.6 Å². The Morgan fingerprint density at radius 2 is 2.37 bits per heavy atom. The fraction of sp³-hybridized carbons (Fsp3) is 0.667.